The summed E-state index contributed by atoms with van der Waals surface area (Å²) in [4.78, 5) is 6.62. The predicted molar refractivity (Wildman–Crippen MR) is 123 cm³/mol. The van der Waals surface area contributed by atoms with Gasteiger partial charge in [-0.3, -0.25) is 0 Å². The van der Waals surface area contributed by atoms with Crippen molar-refractivity contribution in [2.75, 3.05) is 0 Å². The van der Waals surface area contributed by atoms with Crippen molar-refractivity contribution in [1.29, 1.82) is 0 Å². The molecule has 0 spiro atoms. The van der Waals surface area contributed by atoms with Gasteiger partial charge < -0.3 is 4.74 Å². The van der Waals surface area contributed by atoms with Gasteiger partial charge in [0, 0.05) is 10.9 Å². The number of aromatic nitrogens is 5. The quantitative estimate of drug-likeness (QED) is 0.324. The van der Waals surface area contributed by atoms with Crippen molar-refractivity contribution in [1.82, 2.24) is 24.8 Å². The number of pyridine rings is 1. The van der Waals surface area contributed by atoms with Gasteiger partial charge in [0.05, 0.1) is 16.1 Å². The van der Waals surface area contributed by atoms with Crippen LogP contribution in [0.25, 0.3) is 37.0 Å². The first-order valence-electron chi connectivity index (χ1n) is 9.78. The standard InChI is InChI=1S/C23H14FN5OS2/c24-14-7-9-15(10-8-14)30-13-21-26-27-23-29(21)28-22(32-23)17-12-19(20-6-3-11-31-20)25-18-5-2-1-4-16(17)18/h1-12H,13H2. The van der Waals surface area contributed by atoms with Gasteiger partial charge in [-0.05, 0) is 47.8 Å². The van der Waals surface area contributed by atoms with E-state index in [0.717, 1.165) is 32.0 Å². The molecule has 0 amide bonds. The van der Waals surface area contributed by atoms with Crippen LogP contribution in [-0.4, -0.2) is 24.8 Å². The Morgan fingerprint density at radius 2 is 1.84 bits per heavy atom. The normalized spacial score (nSPS) is 11.4. The topological polar surface area (TPSA) is 65.2 Å². The molecule has 0 atom stereocenters. The third kappa shape index (κ3) is 3.41. The summed E-state index contributed by atoms with van der Waals surface area (Å²) in [6.45, 7) is 0.174. The molecule has 156 valence electrons. The van der Waals surface area contributed by atoms with Crippen LogP contribution in [0.15, 0.2) is 72.1 Å². The molecule has 0 aliphatic carbocycles. The zero-order valence-corrected chi connectivity index (χ0v) is 18.1. The van der Waals surface area contributed by atoms with Crippen LogP contribution in [0, 0.1) is 5.82 Å². The minimum atomic E-state index is -0.308. The molecule has 0 N–H and O–H groups in total. The van der Waals surface area contributed by atoms with Crippen LogP contribution >= 0.6 is 22.7 Å². The van der Waals surface area contributed by atoms with Gasteiger partial charge >= 0.3 is 0 Å². The molecule has 4 aromatic heterocycles. The lowest BCUT2D eigenvalue weighted by molar-refractivity contribution is 0.292. The van der Waals surface area contributed by atoms with Gasteiger partial charge in [-0.2, -0.15) is 9.61 Å². The van der Waals surface area contributed by atoms with Crippen molar-refractivity contribution in [3.05, 3.63) is 83.8 Å². The second-order valence-corrected chi connectivity index (χ2v) is 8.91. The number of para-hydroxylation sites is 1. The van der Waals surface area contributed by atoms with E-state index in [1.54, 1.807) is 28.0 Å². The Balaban J connectivity index is 1.40. The van der Waals surface area contributed by atoms with Crippen molar-refractivity contribution in [2.45, 2.75) is 6.61 Å². The monoisotopic (exact) mass is 459 g/mol. The van der Waals surface area contributed by atoms with Crippen LogP contribution < -0.4 is 4.74 Å². The molecule has 6 aromatic rings. The van der Waals surface area contributed by atoms with Crippen LogP contribution in [0.5, 0.6) is 5.75 Å². The van der Waals surface area contributed by atoms with Gasteiger partial charge in [-0.25, -0.2) is 9.37 Å². The number of nitrogens with zero attached hydrogens (tertiary/aromatic N) is 5. The number of fused-ring (bicyclic) bond motifs is 2. The highest BCUT2D eigenvalue weighted by molar-refractivity contribution is 7.20. The largest absolute Gasteiger partial charge is 0.486 e. The molecular formula is C23H14FN5OS2. The van der Waals surface area contributed by atoms with Gasteiger partial charge in [0.15, 0.2) is 5.82 Å². The number of hydrogen-bond donors (Lipinski definition) is 0. The van der Waals surface area contributed by atoms with Gasteiger partial charge in [-0.1, -0.05) is 35.6 Å². The van der Waals surface area contributed by atoms with E-state index in [0.29, 0.717) is 16.5 Å². The summed E-state index contributed by atoms with van der Waals surface area (Å²) < 4.78 is 20.5. The number of ether oxygens (including phenoxy) is 1. The van der Waals surface area contributed by atoms with Crippen LogP contribution in [0.3, 0.4) is 0 Å². The second kappa shape index (κ2) is 7.77. The Labute approximate surface area is 189 Å². The fourth-order valence-electron chi connectivity index (χ4n) is 3.44. The SMILES string of the molecule is Fc1ccc(OCc2nnc3sc(-c4cc(-c5cccs5)nc5ccccc45)nn23)cc1. The van der Waals surface area contributed by atoms with Gasteiger partial charge in [-0.15, -0.1) is 21.5 Å². The predicted octanol–water partition coefficient (Wildman–Crippen LogP) is 5.85. The molecule has 0 aliphatic heterocycles. The Kier molecular flexibility index (Phi) is 4.62. The summed E-state index contributed by atoms with van der Waals surface area (Å²) in [6.07, 6.45) is 0. The zero-order chi connectivity index (χ0) is 21.5. The third-order valence-electron chi connectivity index (χ3n) is 4.96. The molecule has 32 heavy (non-hydrogen) atoms. The summed E-state index contributed by atoms with van der Waals surface area (Å²) in [5.74, 6) is 0.820. The number of halogens is 1. The maximum atomic E-state index is 13.1. The summed E-state index contributed by atoms with van der Waals surface area (Å²) in [5, 5.41) is 17.1. The van der Waals surface area contributed by atoms with E-state index in [9.17, 15) is 4.39 Å². The first-order valence-corrected chi connectivity index (χ1v) is 11.5. The Hall–Kier alpha value is -3.69. The lowest BCUT2D eigenvalue weighted by Crippen LogP contribution is -2.02. The maximum Gasteiger partial charge on any atom is 0.235 e. The molecule has 0 radical (unpaired) electrons. The van der Waals surface area contributed by atoms with E-state index in [1.165, 1.54) is 23.5 Å². The van der Waals surface area contributed by atoms with Crippen molar-refractivity contribution < 1.29 is 9.13 Å². The van der Waals surface area contributed by atoms with Gasteiger partial charge in [0.2, 0.25) is 4.96 Å². The first-order chi connectivity index (χ1) is 15.7. The highest BCUT2D eigenvalue weighted by Crippen LogP contribution is 2.35. The van der Waals surface area contributed by atoms with Crippen LogP contribution in [0.1, 0.15) is 5.82 Å². The van der Waals surface area contributed by atoms with Crippen molar-refractivity contribution in [3.8, 4) is 26.9 Å². The van der Waals surface area contributed by atoms with E-state index < -0.39 is 0 Å². The minimum absolute atomic E-state index is 0.174. The number of rotatable bonds is 5. The molecule has 0 aliphatic rings. The van der Waals surface area contributed by atoms with Gasteiger partial charge in [0.1, 0.15) is 23.2 Å². The average Bonchev–Trinajstić information content (AvgIpc) is 3.56. The number of hydrogen-bond acceptors (Lipinski definition) is 7. The zero-order valence-electron chi connectivity index (χ0n) is 16.5. The van der Waals surface area contributed by atoms with E-state index in [1.807, 2.05) is 29.6 Å². The molecule has 9 heteroatoms. The van der Waals surface area contributed by atoms with Crippen LogP contribution in [-0.2, 0) is 6.61 Å². The molecule has 6 rings (SSSR count). The number of thiophene rings is 1. The average molecular weight is 460 g/mol. The Bertz CT molecular complexity index is 1540. The van der Waals surface area contributed by atoms with Gasteiger partial charge in [0.25, 0.3) is 0 Å². The molecule has 0 saturated carbocycles. The molecule has 0 saturated heterocycles. The molecule has 0 unspecified atom stereocenters. The third-order valence-corrected chi connectivity index (χ3v) is 6.78. The lowest BCUT2D eigenvalue weighted by Gasteiger charge is -2.06. The second-order valence-electron chi connectivity index (χ2n) is 7.01. The van der Waals surface area contributed by atoms with Crippen LogP contribution in [0.2, 0.25) is 0 Å². The summed E-state index contributed by atoms with van der Waals surface area (Å²) >= 11 is 3.12. The maximum absolute atomic E-state index is 13.1. The molecule has 0 bridgehead atoms. The highest BCUT2D eigenvalue weighted by Gasteiger charge is 2.17. The summed E-state index contributed by atoms with van der Waals surface area (Å²) in [6, 6.07) is 20.1. The fraction of sp³-hybridized carbons (Fsp3) is 0.0435. The fourth-order valence-corrected chi connectivity index (χ4v) is 5.01. The Morgan fingerprint density at radius 1 is 0.969 bits per heavy atom. The summed E-state index contributed by atoms with van der Waals surface area (Å²) in [5.41, 5.74) is 2.83. The number of benzene rings is 2. The highest BCUT2D eigenvalue weighted by atomic mass is 32.1. The van der Waals surface area contributed by atoms with Crippen molar-refractivity contribution in [3.63, 3.8) is 0 Å². The first kappa shape index (κ1) is 19.0. The molecule has 6 nitrogen and oxygen atoms in total. The summed E-state index contributed by atoms with van der Waals surface area (Å²) in [7, 11) is 0. The molecule has 0 fully saturated rings. The van der Waals surface area contributed by atoms with Crippen molar-refractivity contribution in [2.24, 2.45) is 0 Å². The van der Waals surface area contributed by atoms with E-state index in [4.69, 9.17) is 14.8 Å². The molecule has 4 heterocycles. The Morgan fingerprint density at radius 3 is 2.69 bits per heavy atom. The smallest absolute Gasteiger partial charge is 0.235 e. The lowest BCUT2D eigenvalue weighted by atomic mass is 10.1. The molecular weight excluding hydrogens is 445 g/mol. The van der Waals surface area contributed by atoms with E-state index in [2.05, 4.69) is 28.4 Å². The van der Waals surface area contributed by atoms with E-state index in [-0.39, 0.29) is 12.4 Å². The van der Waals surface area contributed by atoms with E-state index >= 15 is 0 Å². The molecule has 2 aromatic carbocycles. The minimum Gasteiger partial charge on any atom is -0.486 e. The van der Waals surface area contributed by atoms with Crippen LogP contribution in [0.4, 0.5) is 4.39 Å². The van der Waals surface area contributed by atoms with Crippen molar-refractivity contribution >= 4 is 38.5 Å².